The molecule has 25 heavy (non-hydrogen) atoms. The van der Waals surface area contributed by atoms with E-state index in [1.54, 1.807) is 18.2 Å². The highest BCUT2D eigenvalue weighted by atomic mass is 35.5. The summed E-state index contributed by atoms with van der Waals surface area (Å²) in [5, 5.41) is 16.8. The van der Waals surface area contributed by atoms with E-state index in [2.05, 4.69) is 10.2 Å². The van der Waals surface area contributed by atoms with Gasteiger partial charge in [-0.3, -0.25) is 0 Å². The molecule has 0 aliphatic heterocycles. The van der Waals surface area contributed by atoms with Gasteiger partial charge >= 0.3 is 0 Å². The molecular formula is C18H14ClN3O3. The Balaban J connectivity index is 1.79. The number of aryl methyl sites for hydroxylation is 2. The van der Waals surface area contributed by atoms with E-state index in [-0.39, 0.29) is 12.5 Å². The number of ether oxygens (including phenoxy) is 1. The van der Waals surface area contributed by atoms with E-state index in [4.69, 9.17) is 30.4 Å². The molecular weight excluding hydrogens is 342 g/mol. The van der Waals surface area contributed by atoms with Crippen molar-refractivity contribution in [1.82, 2.24) is 10.2 Å². The molecule has 0 spiro atoms. The minimum atomic E-state index is 0.00755. The van der Waals surface area contributed by atoms with Crippen LogP contribution in [0.15, 0.2) is 39.2 Å². The van der Waals surface area contributed by atoms with Crippen LogP contribution in [0.1, 0.15) is 23.0 Å². The van der Waals surface area contributed by atoms with Crippen LogP contribution in [0.5, 0.6) is 5.75 Å². The van der Waals surface area contributed by atoms with Gasteiger partial charge in [-0.05, 0) is 43.7 Å². The van der Waals surface area contributed by atoms with Crippen molar-refractivity contribution in [3.05, 3.63) is 53.3 Å². The van der Waals surface area contributed by atoms with Crippen LogP contribution in [-0.4, -0.2) is 16.8 Å². The first-order valence-electron chi connectivity index (χ1n) is 7.45. The maximum atomic E-state index is 8.50. The van der Waals surface area contributed by atoms with E-state index in [1.165, 1.54) is 0 Å². The molecule has 2 aromatic heterocycles. The van der Waals surface area contributed by atoms with Crippen molar-refractivity contribution < 1.29 is 13.6 Å². The quantitative estimate of drug-likeness (QED) is 0.665. The highest BCUT2D eigenvalue weighted by Crippen LogP contribution is 2.29. The molecule has 0 N–H and O–H groups in total. The molecule has 6 nitrogen and oxygen atoms in total. The second-order valence-electron chi connectivity index (χ2n) is 5.25. The Morgan fingerprint density at radius 2 is 2.00 bits per heavy atom. The number of rotatable bonds is 5. The van der Waals surface area contributed by atoms with Gasteiger partial charge in [0.15, 0.2) is 6.61 Å². The van der Waals surface area contributed by atoms with E-state index < -0.39 is 0 Å². The minimum Gasteiger partial charge on any atom is -0.479 e. The van der Waals surface area contributed by atoms with Crippen LogP contribution in [0.25, 0.3) is 22.6 Å². The molecule has 2 heterocycles. The molecule has 0 unspecified atom stereocenters. The van der Waals surface area contributed by atoms with Gasteiger partial charge in [-0.15, -0.1) is 10.2 Å². The summed E-state index contributed by atoms with van der Waals surface area (Å²) in [5.74, 6) is 2.67. The van der Waals surface area contributed by atoms with E-state index >= 15 is 0 Å². The molecule has 7 heteroatoms. The van der Waals surface area contributed by atoms with Gasteiger partial charge < -0.3 is 13.6 Å². The smallest absolute Gasteiger partial charge is 0.259 e. The van der Waals surface area contributed by atoms with Crippen molar-refractivity contribution >= 4 is 22.7 Å². The van der Waals surface area contributed by atoms with Crippen LogP contribution < -0.4 is 4.74 Å². The number of furan rings is 1. The lowest BCUT2D eigenvalue weighted by molar-refractivity contribution is 0.368. The third-order valence-corrected chi connectivity index (χ3v) is 3.65. The molecule has 0 saturated carbocycles. The number of benzene rings is 1. The molecule has 0 saturated heterocycles. The summed E-state index contributed by atoms with van der Waals surface area (Å²) in [6.45, 7) is 3.69. The van der Waals surface area contributed by atoms with Crippen LogP contribution in [0.2, 0.25) is 0 Å². The van der Waals surface area contributed by atoms with Gasteiger partial charge in [0, 0.05) is 0 Å². The number of aromatic nitrogens is 2. The molecule has 0 aliphatic rings. The monoisotopic (exact) mass is 355 g/mol. The third kappa shape index (κ3) is 3.90. The lowest BCUT2D eigenvalue weighted by Gasteiger charge is -2.01. The fourth-order valence-electron chi connectivity index (χ4n) is 2.26. The van der Waals surface area contributed by atoms with Crippen LogP contribution in [0.3, 0.4) is 0 Å². The van der Waals surface area contributed by atoms with Crippen LogP contribution in [0.4, 0.5) is 0 Å². The Hall–Kier alpha value is -3.04. The van der Waals surface area contributed by atoms with Crippen molar-refractivity contribution in [2.45, 2.75) is 13.8 Å². The summed E-state index contributed by atoms with van der Waals surface area (Å²) >= 11 is 6.28. The number of hydrogen-bond acceptors (Lipinski definition) is 6. The number of nitriles is 1. The van der Waals surface area contributed by atoms with Gasteiger partial charge in [0.2, 0.25) is 0 Å². The fraction of sp³-hybridized carbons (Fsp3) is 0.167. The lowest BCUT2D eigenvalue weighted by Crippen LogP contribution is -1.92. The highest BCUT2D eigenvalue weighted by molar-refractivity contribution is 6.50. The van der Waals surface area contributed by atoms with Gasteiger partial charge in [0.05, 0.1) is 5.56 Å². The molecule has 0 radical (unpaired) electrons. The predicted octanol–water partition coefficient (Wildman–Crippen LogP) is 4.59. The standard InChI is InChI=1S/C18H14ClN3O3/c1-11-9-15(12(2)24-11)17-21-22-18(25-17)16(19)10-13-3-5-14(6-4-13)23-8-7-20/h3-6,9-10H,8H2,1-2H3/b16-10-. The Morgan fingerprint density at radius 1 is 1.24 bits per heavy atom. The summed E-state index contributed by atoms with van der Waals surface area (Å²) in [7, 11) is 0. The van der Waals surface area contributed by atoms with Gasteiger partial charge in [0.1, 0.15) is 28.4 Å². The number of hydrogen-bond donors (Lipinski definition) is 0. The average molecular weight is 356 g/mol. The molecule has 0 atom stereocenters. The van der Waals surface area contributed by atoms with Crippen molar-refractivity contribution in [2.75, 3.05) is 6.61 Å². The summed E-state index contributed by atoms with van der Waals surface area (Å²) in [6.07, 6.45) is 1.71. The largest absolute Gasteiger partial charge is 0.479 e. The van der Waals surface area contributed by atoms with Gasteiger partial charge in [-0.25, -0.2) is 0 Å². The second kappa shape index (κ2) is 7.24. The molecule has 0 bridgehead atoms. The molecule has 3 rings (SSSR count). The van der Waals surface area contributed by atoms with Gasteiger partial charge in [-0.1, -0.05) is 23.7 Å². The Morgan fingerprint density at radius 3 is 2.64 bits per heavy atom. The van der Waals surface area contributed by atoms with E-state index in [0.29, 0.717) is 22.4 Å². The molecule has 0 fully saturated rings. The zero-order chi connectivity index (χ0) is 17.8. The first kappa shape index (κ1) is 16.8. The minimum absolute atomic E-state index is 0.00755. The average Bonchev–Trinajstić information content (AvgIpc) is 3.20. The normalized spacial score (nSPS) is 11.4. The van der Waals surface area contributed by atoms with Crippen molar-refractivity contribution in [3.8, 4) is 23.3 Å². The van der Waals surface area contributed by atoms with Gasteiger partial charge in [0.25, 0.3) is 11.8 Å². The highest BCUT2D eigenvalue weighted by Gasteiger charge is 2.16. The number of nitrogens with zero attached hydrogens (tertiary/aromatic N) is 3. The predicted molar refractivity (Wildman–Crippen MR) is 92.7 cm³/mol. The zero-order valence-electron chi connectivity index (χ0n) is 13.6. The fourth-order valence-corrected chi connectivity index (χ4v) is 2.46. The van der Waals surface area contributed by atoms with Crippen LogP contribution in [0, 0.1) is 25.2 Å². The Bertz CT molecular complexity index is 949. The van der Waals surface area contributed by atoms with Gasteiger partial charge in [-0.2, -0.15) is 5.26 Å². The van der Waals surface area contributed by atoms with Crippen LogP contribution in [-0.2, 0) is 0 Å². The summed E-state index contributed by atoms with van der Waals surface area (Å²) in [5.41, 5.74) is 1.59. The summed E-state index contributed by atoms with van der Waals surface area (Å²) in [4.78, 5) is 0. The van der Waals surface area contributed by atoms with E-state index in [0.717, 1.165) is 16.9 Å². The summed E-state index contributed by atoms with van der Waals surface area (Å²) < 4.78 is 16.3. The lowest BCUT2D eigenvalue weighted by atomic mass is 10.2. The first-order valence-corrected chi connectivity index (χ1v) is 7.83. The van der Waals surface area contributed by atoms with Crippen molar-refractivity contribution in [2.24, 2.45) is 0 Å². The molecule has 0 amide bonds. The first-order chi connectivity index (χ1) is 12.1. The maximum absolute atomic E-state index is 8.50. The third-order valence-electron chi connectivity index (χ3n) is 3.38. The Kier molecular flexibility index (Phi) is 4.87. The number of halogens is 1. The molecule has 3 aromatic rings. The SMILES string of the molecule is Cc1cc(-c2nnc(/C(Cl)=C/c3ccc(OCC#N)cc3)o2)c(C)o1. The van der Waals surface area contributed by atoms with Crippen molar-refractivity contribution in [3.63, 3.8) is 0 Å². The van der Waals surface area contributed by atoms with E-state index in [9.17, 15) is 0 Å². The van der Waals surface area contributed by atoms with E-state index in [1.807, 2.05) is 38.1 Å². The molecule has 1 aromatic carbocycles. The maximum Gasteiger partial charge on any atom is 0.259 e. The Labute approximate surface area is 149 Å². The van der Waals surface area contributed by atoms with Crippen LogP contribution >= 0.6 is 11.6 Å². The van der Waals surface area contributed by atoms with Crippen molar-refractivity contribution in [1.29, 1.82) is 5.26 Å². The second-order valence-corrected chi connectivity index (χ2v) is 5.65. The topological polar surface area (TPSA) is 85.1 Å². The summed E-state index contributed by atoms with van der Waals surface area (Å²) in [6, 6.07) is 10.9. The molecule has 126 valence electrons. The molecule has 0 aliphatic carbocycles. The zero-order valence-corrected chi connectivity index (χ0v) is 14.4.